The van der Waals surface area contributed by atoms with Crippen molar-refractivity contribution in [3.05, 3.63) is 36.0 Å². The Labute approximate surface area is 110 Å². The van der Waals surface area contributed by atoms with Crippen molar-refractivity contribution >= 4 is 11.6 Å². The standard InChI is InChI=1S/C13H16N4O2/c1-16-12(11(14)7-15-16)13(18)17(9-4-5-9)8-10-3-2-6-19-10/h2-3,6-7,9H,4-5,8,14H2,1H3. The molecule has 0 spiro atoms. The number of carbonyl (C=O) groups excluding carboxylic acids is 1. The highest BCUT2D eigenvalue weighted by atomic mass is 16.3. The molecule has 2 heterocycles. The molecule has 2 N–H and O–H groups in total. The summed E-state index contributed by atoms with van der Waals surface area (Å²) in [6, 6.07) is 3.98. The van der Waals surface area contributed by atoms with E-state index < -0.39 is 0 Å². The second-order valence-electron chi connectivity index (χ2n) is 4.82. The van der Waals surface area contributed by atoms with Gasteiger partial charge in [-0.15, -0.1) is 0 Å². The second kappa shape index (κ2) is 4.46. The summed E-state index contributed by atoms with van der Waals surface area (Å²) in [6.45, 7) is 0.473. The van der Waals surface area contributed by atoms with Gasteiger partial charge in [0.1, 0.15) is 11.5 Å². The predicted molar refractivity (Wildman–Crippen MR) is 69.2 cm³/mol. The van der Waals surface area contributed by atoms with Gasteiger partial charge in [-0.2, -0.15) is 5.10 Å². The number of nitrogen functional groups attached to an aromatic ring is 1. The lowest BCUT2D eigenvalue weighted by atomic mass is 10.3. The molecule has 3 rings (SSSR count). The molecular formula is C13H16N4O2. The van der Waals surface area contributed by atoms with Gasteiger partial charge in [0, 0.05) is 13.1 Å². The Morgan fingerprint density at radius 3 is 2.95 bits per heavy atom. The highest BCUT2D eigenvalue weighted by molar-refractivity contribution is 5.97. The summed E-state index contributed by atoms with van der Waals surface area (Å²) in [5.41, 5.74) is 6.68. The Hall–Kier alpha value is -2.24. The van der Waals surface area contributed by atoms with Crippen LogP contribution in [-0.2, 0) is 13.6 Å². The van der Waals surface area contributed by atoms with E-state index in [4.69, 9.17) is 10.2 Å². The zero-order valence-corrected chi connectivity index (χ0v) is 10.7. The van der Waals surface area contributed by atoms with Crippen molar-refractivity contribution < 1.29 is 9.21 Å². The van der Waals surface area contributed by atoms with Crippen LogP contribution in [0.4, 0.5) is 5.69 Å². The van der Waals surface area contributed by atoms with E-state index in [1.165, 1.54) is 10.9 Å². The number of amides is 1. The van der Waals surface area contributed by atoms with Crippen LogP contribution in [0.15, 0.2) is 29.0 Å². The molecule has 1 amide bonds. The molecule has 0 radical (unpaired) electrons. The molecule has 0 aromatic carbocycles. The number of anilines is 1. The molecule has 2 aromatic heterocycles. The molecule has 1 aliphatic carbocycles. The molecule has 0 atom stereocenters. The molecule has 1 aliphatic rings. The largest absolute Gasteiger partial charge is 0.467 e. The van der Waals surface area contributed by atoms with Crippen molar-refractivity contribution in [1.82, 2.24) is 14.7 Å². The average Bonchev–Trinajstić information content (AvgIpc) is 2.99. The molecule has 6 heteroatoms. The quantitative estimate of drug-likeness (QED) is 0.901. The van der Waals surface area contributed by atoms with Gasteiger partial charge >= 0.3 is 0 Å². The van der Waals surface area contributed by atoms with Gasteiger partial charge in [-0.25, -0.2) is 0 Å². The summed E-state index contributed by atoms with van der Waals surface area (Å²) in [5, 5.41) is 4.02. The fourth-order valence-corrected chi connectivity index (χ4v) is 2.18. The summed E-state index contributed by atoms with van der Waals surface area (Å²) < 4.78 is 6.85. The summed E-state index contributed by atoms with van der Waals surface area (Å²) >= 11 is 0. The fraction of sp³-hybridized carbons (Fsp3) is 0.385. The van der Waals surface area contributed by atoms with Gasteiger partial charge < -0.3 is 15.1 Å². The third-order valence-electron chi connectivity index (χ3n) is 3.32. The highest BCUT2D eigenvalue weighted by Crippen LogP contribution is 2.30. The summed E-state index contributed by atoms with van der Waals surface area (Å²) in [7, 11) is 1.72. The number of hydrogen-bond donors (Lipinski definition) is 1. The monoisotopic (exact) mass is 260 g/mol. The van der Waals surface area contributed by atoms with E-state index in [0.717, 1.165) is 18.6 Å². The van der Waals surface area contributed by atoms with Crippen molar-refractivity contribution in [2.75, 3.05) is 5.73 Å². The Kier molecular flexibility index (Phi) is 2.77. The third-order valence-corrected chi connectivity index (χ3v) is 3.32. The minimum atomic E-state index is -0.0867. The molecule has 1 fully saturated rings. The summed E-state index contributed by atoms with van der Waals surface area (Å²) in [5.74, 6) is 0.692. The number of aryl methyl sites for hydroxylation is 1. The minimum absolute atomic E-state index is 0.0867. The second-order valence-corrected chi connectivity index (χ2v) is 4.82. The first-order valence-corrected chi connectivity index (χ1v) is 6.27. The van der Waals surface area contributed by atoms with E-state index in [-0.39, 0.29) is 11.9 Å². The lowest BCUT2D eigenvalue weighted by Crippen LogP contribution is -2.34. The normalized spacial score (nSPS) is 14.6. The molecule has 100 valence electrons. The third kappa shape index (κ3) is 2.21. The van der Waals surface area contributed by atoms with Gasteiger partial charge in [0.25, 0.3) is 5.91 Å². The Balaban J connectivity index is 1.86. The van der Waals surface area contributed by atoms with Crippen molar-refractivity contribution in [3.8, 4) is 0 Å². The van der Waals surface area contributed by atoms with E-state index >= 15 is 0 Å². The van der Waals surface area contributed by atoms with Gasteiger partial charge in [-0.3, -0.25) is 9.48 Å². The lowest BCUT2D eigenvalue weighted by molar-refractivity contribution is 0.0707. The first-order chi connectivity index (χ1) is 9.16. The molecule has 6 nitrogen and oxygen atoms in total. The van der Waals surface area contributed by atoms with Crippen LogP contribution >= 0.6 is 0 Å². The first-order valence-electron chi connectivity index (χ1n) is 6.27. The topological polar surface area (TPSA) is 77.3 Å². The molecule has 19 heavy (non-hydrogen) atoms. The van der Waals surface area contributed by atoms with Crippen LogP contribution in [0, 0.1) is 0 Å². The van der Waals surface area contributed by atoms with Crippen LogP contribution in [0.3, 0.4) is 0 Å². The van der Waals surface area contributed by atoms with Gasteiger partial charge in [0.2, 0.25) is 0 Å². The van der Waals surface area contributed by atoms with Crippen LogP contribution in [0.25, 0.3) is 0 Å². The molecule has 0 bridgehead atoms. The van der Waals surface area contributed by atoms with E-state index in [9.17, 15) is 4.79 Å². The number of nitrogens with zero attached hydrogens (tertiary/aromatic N) is 3. The predicted octanol–water partition coefficient (Wildman–Crippen LogP) is 1.40. The number of hydrogen-bond acceptors (Lipinski definition) is 4. The highest BCUT2D eigenvalue weighted by Gasteiger charge is 2.35. The molecule has 0 unspecified atom stereocenters. The minimum Gasteiger partial charge on any atom is -0.467 e. The number of aromatic nitrogens is 2. The zero-order valence-electron chi connectivity index (χ0n) is 10.7. The van der Waals surface area contributed by atoms with E-state index in [0.29, 0.717) is 17.9 Å². The Morgan fingerprint density at radius 1 is 1.63 bits per heavy atom. The number of rotatable bonds is 4. The maximum Gasteiger partial charge on any atom is 0.274 e. The summed E-state index contributed by atoms with van der Waals surface area (Å²) in [4.78, 5) is 14.4. The molecule has 1 saturated carbocycles. The number of nitrogens with two attached hydrogens (primary N) is 1. The molecule has 2 aromatic rings. The molecular weight excluding hydrogens is 244 g/mol. The van der Waals surface area contributed by atoms with Crippen LogP contribution < -0.4 is 5.73 Å². The van der Waals surface area contributed by atoms with Gasteiger partial charge in [-0.05, 0) is 25.0 Å². The van der Waals surface area contributed by atoms with Gasteiger partial charge in [0.15, 0.2) is 0 Å². The van der Waals surface area contributed by atoms with Crippen LogP contribution in [0.2, 0.25) is 0 Å². The molecule has 0 aliphatic heterocycles. The number of furan rings is 1. The van der Waals surface area contributed by atoms with Gasteiger partial charge in [-0.1, -0.05) is 0 Å². The first kappa shape index (κ1) is 11.8. The SMILES string of the molecule is Cn1ncc(N)c1C(=O)N(Cc1ccco1)C1CC1. The van der Waals surface area contributed by atoms with E-state index in [1.807, 2.05) is 17.0 Å². The average molecular weight is 260 g/mol. The van der Waals surface area contributed by atoms with Crippen molar-refractivity contribution in [1.29, 1.82) is 0 Å². The number of carbonyl (C=O) groups is 1. The van der Waals surface area contributed by atoms with Gasteiger partial charge in [0.05, 0.1) is 24.7 Å². The molecule has 0 saturated heterocycles. The van der Waals surface area contributed by atoms with Crippen LogP contribution in [-0.4, -0.2) is 26.6 Å². The zero-order chi connectivity index (χ0) is 13.4. The maximum absolute atomic E-state index is 12.6. The lowest BCUT2D eigenvalue weighted by Gasteiger charge is -2.21. The van der Waals surface area contributed by atoms with Crippen LogP contribution in [0.1, 0.15) is 29.1 Å². The fourth-order valence-electron chi connectivity index (χ4n) is 2.18. The van der Waals surface area contributed by atoms with Crippen molar-refractivity contribution in [2.24, 2.45) is 7.05 Å². The Bertz CT molecular complexity index is 564. The van der Waals surface area contributed by atoms with Crippen molar-refractivity contribution in [2.45, 2.75) is 25.4 Å². The van der Waals surface area contributed by atoms with Crippen LogP contribution in [0.5, 0.6) is 0 Å². The maximum atomic E-state index is 12.6. The Morgan fingerprint density at radius 2 is 2.42 bits per heavy atom. The summed E-state index contributed by atoms with van der Waals surface area (Å²) in [6.07, 6.45) is 5.18. The smallest absolute Gasteiger partial charge is 0.274 e. The van der Waals surface area contributed by atoms with E-state index in [1.54, 1.807) is 13.3 Å². The van der Waals surface area contributed by atoms with E-state index in [2.05, 4.69) is 5.10 Å². The van der Waals surface area contributed by atoms with Crippen molar-refractivity contribution in [3.63, 3.8) is 0 Å².